The van der Waals surface area contributed by atoms with E-state index in [0.29, 0.717) is 13.1 Å². The Bertz CT molecular complexity index is 740. The van der Waals surface area contributed by atoms with Gasteiger partial charge in [0.1, 0.15) is 0 Å². The molecule has 2 amide bonds. The minimum Gasteiger partial charge on any atom is -0.394 e. The van der Waals surface area contributed by atoms with Gasteiger partial charge in [-0.1, -0.05) is 42.8 Å². The number of nitrogens with zero attached hydrogens (tertiary/aromatic N) is 2. The molecule has 3 rings (SSSR count). The smallest absolute Gasteiger partial charge is 0.234 e. The Balaban J connectivity index is 1.79. The van der Waals surface area contributed by atoms with E-state index in [4.69, 9.17) is 0 Å². The quantitative estimate of drug-likeness (QED) is 0.700. The maximum atomic E-state index is 13.0. The van der Waals surface area contributed by atoms with Gasteiger partial charge >= 0.3 is 0 Å². The Kier molecular flexibility index (Phi) is 7.09. The number of amides is 2. The SMILES string of the molecule is C/C=C/c1ccc([C@H]2[C@@H](CO)N(C(=O)C3CCC3)[C@@H]2CNC(=O)CN(C)C)cc1. The Morgan fingerprint density at radius 3 is 2.41 bits per heavy atom. The van der Waals surface area contributed by atoms with Gasteiger partial charge in [0.2, 0.25) is 11.8 Å². The van der Waals surface area contributed by atoms with E-state index in [1.165, 1.54) is 0 Å². The average Bonchev–Trinajstić information content (AvgIpc) is 2.60. The van der Waals surface area contributed by atoms with Gasteiger partial charge in [-0.25, -0.2) is 0 Å². The number of likely N-dealkylation sites (tertiary alicyclic amines) is 1. The van der Waals surface area contributed by atoms with Crippen molar-refractivity contribution >= 4 is 17.9 Å². The monoisotopic (exact) mass is 399 g/mol. The first-order valence-electron chi connectivity index (χ1n) is 10.5. The summed E-state index contributed by atoms with van der Waals surface area (Å²) in [5.74, 6) is 0.162. The Morgan fingerprint density at radius 1 is 1.21 bits per heavy atom. The number of benzene rings is 1. The summed E-state index contributed by atoms with van der Waals surface area (Å²) in [6.45, 7) is 2.64. The first kappa shape index (κ1) is 21.5. The van der Waals surface area contributed by atoms with E-state index >= 15 is 0 Å². The number of rotatable bonds is 8. The lowest BCUT2D eigenvalue weighted by Crippen LogP contribution is -2.69. The molecule has 1 saturated carbocycles. The van der Waals surface area contributed by atoms with Crippen LogP contribution in [0, 0.1) is 5.92 Å². The summed E-state index contributed by atoms with van der Waals surface area (Å²) >= 11 is 0. The zero-order valence-electron chi connectivity index (χ0n) is 17.7. The summed E-state index contributed by atoms with van der Waals surface area (Å²) < 4.78 is 0. The van der Waals surface area contributed by atoms with E-state index in [1.54, 1.807) is 0 Å². The van der Waals surface area contributed by atoms with Crippen LogP contribution in [-0.4, -0.2) is 72.6 Å². The fourth-order valence-corrected chi connectivity index (χ4v) is 4.39. The van der Waals surface area contributed by atoms with Gasteiger partial charge in [-0.15, -0.1) is 0 Å². The zero-order valence-corrected chi connectivity index (χ0v) is 17.7. The molecule has 0 unspecified atom stereocenters. The number of likely N-dealkylation sites (N-methyl/N-ethyl adjacent to an activating group) is 1. The molecule has 158 valence electrons. The second-order valence-electron chi connectivity index (χ2n) is 8.42. The van der Waals surface area contributed by atoms with E-state index in [2.05, 4.69) is 29.6 Å². The molecule has 0 aromatic heterocycles. The Hall–Kier alpha value is -2.18. The summed E-state index contributed by atoms with van der Waals surface area (Å²) in [5.41, 5.74) is 2.22. The highest BCUT2D eigenvalue weighted by Gasteiger charge is 2.52. The fourth-order valence-electron chi connectivity index (χ4n) is 4.39. The number of allylic oxidation sites excluding steroid dienone is 1. The minimum atomic E-state index is -0.230. The lowest BCUT2D eigenvalue weighted by atomic mass is 9.72. The van der Waals surface area contributed by atoms with Crippen molar-refractivity contribution in [2.45, 2.75) is 44.2 Å². The van der Waals surface area contributed by atoms with E-state index in [0.717, 1.165) is 30.4 Å². The van der Waals surface area contributed by atoms with Gasteiger partial charge in [-0.05, 0) is 45.0 Å². The van der Waals surface area contributed by atoms with Gasteiger partial charge in [0.25, 0.3) is 0 Å². The molecule has 1 aliphatic carbocycles. The van der Waals surface area contributed by atoms with Crippen molar-refractivity contribution in [2.75, 3.05) is 33.8 Å². The lowest BCUT2D eigenvalue weighted by Gasteiger charge is -2.56. The molecule has 2 fully saturated rings. The average molecular weight is 400 g/mol. The molecule has 1 saturated heterocycles. The van der Waals surface area contributed by atoms with Crippen LogP contribution in [0.4, 0.5) is 0 Å². The van der Waals surface area contributed by atoms with Crippen molar-refractivity contribution in [3.05, 3.63) is 41.5 Å². The zero-order chi connectivity index (χ0) is 21.0. The third kappa shape index (κ3) is 4.70. The molecule has 0 radical (unpaired) electrons. The molecule has 2 N–H and O–H groups in total. The van der Waals surface area contributed by atoms with Gasteiger partial charge in [-0.2, -0.15) is 0 Å². The van der Waals surface area contributed by atoms with Crippen LogP contribution >= 0.6 is 0 Å². The number of carbonyl (C=O) groups is 2. The molecule has 1 heterocycles. The number of carbonyl (C=O) groups excluding carboxylic acids is 2. The normalized spacial score (nSPS) is 24.4. The van der Waals surface area contributed by atoms with Crippen LogP contribution in [-0.2, 0) is 9.59 Å². The van der Waals surface area contributed by atoms with Crippen molar-refractivity contribution in [3.8, 4) is 0 Å². The van der Waals surface area contributed by atoms with Crippen molar-refractivity contribution < 1.29 is 14.7 Å². The fraction of sp³-hybridized carbons (Fsp3) is 0.565. The molecule has 6 nitrogen and oxygen atoms in total. The Morgan fingerprint density at radius 2 is 1.90 bits per heavy atom. The molecular weight excluding hydrogens is 366 g/mol. The summed E-state index contributed by atoms with van der Waals surface area (Å²) in [4.78, 5) is 28.8. The largest absolute Gasteiger partial charge is 0.394 e. The first-order chi connectivity index (χ1) is 14.0. The van der Waals surface area contributed by atoms with Gasteiger partial charge in [0, 0.05) is 18.4 Å². The minimum absolute atomic E-state index is 0.0170. The molecule has 6 heteroatoms. The molecule has 3 atom stereocenters. The molecule has 29 heavy (non-hydrogen) atoms. The molecule has 1 aliphatic heterocycles. The molecule has 1 aromatic rings. The van der Waals surface area contributed by atoms with Crippen molar-refractivity contribution in [1.29, 1.82) is 0 Å². The molecule has 2 aliphatic rings. The summed E-state index contributed by atoms with van der Waals surface area (Å²) in [6.07, 6.45) is 6.98. The molecule has 0 spiro atoms. The first-order valence-corrected chi connectivity index (χ1v) is 10.5. The number of hydrogen-bond donors (Lipinski definition) is 2. The van der Waals surface area contributed by atoms with Crippen LogP contribution in [0.25, 0.3) is 6.08 Å². The van der Waals surface area contributed by atoms with Crippen LogP contribution < -0.4 is 5.32 Å². The van der Waals surface area contributed by atoms with Gasteiger partial charge in [0.15, 0.2) is 0 Å². The lowest BCUT2D eigenvalue weighted by molar-refractivity contribution is -0.158. The predicted octanol–water partition coefficient (Wildman–Crippen LogP) is 1.85. The predicted molar refractivity (Wildman–Crippen MR) is 114 cm³/mol. The van der Waals surface area contributed by atoms with E-state index < -0.39 is 0 Å². The molecule has 1 aromatic carbocycles. The van der Waals surface area contributed by atoms with Crippen molar-refractivity contribution in [1.82, 2.24) is 15.1 Å². The second kappa shape index (κ2) is 9.55. The maximum absolute atomic E-state index is 13.0. The van der Waals surface area contributed by atoms with Gasteiger partial charge in [0.05, 0.1) is 25.2 Å². The van der Waals surface area contributed by atoms with E-state index in [9.17, 15) is 14.7 Å². The highest BCUT2D eigenvalue weighted by Crippen LogP contribution is 2.43. The standard InChI is InChI=1S/C23H33N3O3/c1-4-6-16-9-11-17(12-10-16)22-19(13-24-21(28)14-25(2)3)26(20(22)15-27)23(29)18-7-5-8-18/h4,6,9-12,18-20,22,27H,5,7-8,13-15H2,1-3H3,(H,24,28)/b6-4+/t19-,20-,22-/m1/s1. The Labute approximate surface area is 173 Å². The topological polar surface area (TPSA) is 72.9 Å². The van der Waals surface area contributed by atoms with Crippen LogP contribution in [0.3, 0.4) is 0 Å². The number of nitrogens with one attached hydrogen (secondary N) is 1. The summed E-state index contributed by atoms with van der Waals surface area (Å²) in [7, 11) is 3.71. The van der Waals surface area contributed by atoms with Gasteiger partial charge < -0.3 is 20.2 Å². The van der Waals surface area contributed by atoms with Crippen LogP contribution in [0.1, 0.15) is 43.2 Å². The maximum Gasteiger partial charge on any atom is 0.234 e. The van der Waals surface area contributed by atoms with Gasteiger partial charge in [-0.3, -0.25) is 9.59 Å². The van der Waals surface area contributed by atoms with Crippen LogP contribution in [0.15, 0.2) is 30.3 Å². The number of hydrogen-bond acceptors (Lipinski definition) is 4. The third-order valence-corrected chi connectivity index (χ3v) is 6.09. The van der Waals surface area contributed by atoms with Crippen molar-refractivity contribution in [2.24, 2.45) is 5.92 Å². The number of aliphatic hydroxyl groups excluding tert-OH is 1. The second-order valence-corrected chi connectivity index (χ2v) is 8.42. The summed E-state index contributed by atoms with van der Waals surface area (Å²) in [6, 6.07) is 7.90. The molecular formula is C23H33N3O3. The molecule has 0 bridgehead atoms. The van der Waals surface area contributed by atoms with E-state index in [-0.39, 0.29) is 42.3 Å². The third-order valence-electron chi connectivity index (χ3n) is 6.09. The number of aliphatic hydroxyl groups is 1. The summed E-state index contributed by atoms with van der Waals surface area (Å²) in [5, 5.41) is 13.0. The van der Waals surface area contributed by atoms with Crippen molar-refractivity contribution in [3.63, 3.8) is 0 Å². The van der Waals surface area contributed by atoms with Crippen LogP contribution in [0.2, 0.25) is 0 Å². The highest BCUT2D eigenvalue weighted by atomic mass is 16.3. The highest BCUT2D eigenvalue weighted by molar-refractivity contribution is 5.82. The van der Waals surface area contributed by atoms with Crippen LogP contribution in [0.5, 0.6) is 0 Å². The van der Waals surface area contributed by atoms with E-state index in [1.807, 2.05) is 43.0 Å².